The van der Waals surface area contributed by atoms with E-state index in [0.29, 0.717) is 26.4 Å². The van der Waals surface area contributed by atoms with Crippen molar-refractivity contribution in [2.75, 3.05) is 54.9 Å². The monoisotopic (exact) mass is 570 g/mol. The highest BCUT2D eigenvalue weighted by atomic mass is 31.1. The van der Waals surface area contributed by atoms with Crippen molar-refractivity contribution in [3.63, 3.8) is 0 Å². The van der Waals surface area contributed by atoms with Crippen LogP contribution in [-0.4, -0.2) is 113 Å². The third-order valence-electron chi connectivity index (χ3n) is 8.06. The average Bonchev–Trinajstić information content (AvgIpc) is 3.51. The third kappa shape index (κ3) is 5.25. The zero-order valence-electron chi connectivity index (χ0n) is 23.9. The number of rotatable bonds is 10. The SMILES string of the molecule is COCC1C2OC(C)(C)OC2C(COC)P1c1ccccc1P1C(COC)C2OC(C)(C)OC2C1COC. The second kappa shape index (κ2) is 11.6. The van der Waals surface area contributed by atoms with E-state index in [2.05, 4.69) is 24.3 Å². The lowest BCUT2D eigenvalue weighted by atomic mass is 10.1. The Bertz CT molecular complexity index is 838. The molecule has 8 unspecified atom stereocenters. The van der Waals surface area contributed by atoms with E-state index in [0.717, 1.165) is 0 Å². The predicted octanol–water partition coefficient (Wildman–Crippen LogP) is 3.03. The summed E-state index contributed by atoms with van der Waals surface area (Å²) in [5.74, 6) is -1.23. The van der Waals surface area contributed by atoms with Gasteiger partial charge >= 0.3 is 0 Å². The third-order valence-corrected chi connectivity index (χ3v) is 14.8. The van der Waals surface area contributed by atoms with Gasteiger partial charge in [0.15, 0.2) is 11.6 Å². The van der Waals surface area contributed by atoms with Crippen LogP contribution in [0.15, 0.2) is 24.3 Å². The molecule has 0 spiro atoms. The van der Waals surface area contributed by atoms with E-state index in [1.165, 1.54) is 10.6 Å². The van der Waals surface area contributed by atoms with Gasteiger partial charge in [0.25, 0.3) is 0 Å². The van der Waals surface area contributed by atoms with Gasteiger partial charge in [-0.2, -0.15) is 0 Å². The van der Waals surface area contributed by atoms with Gasteiger partial charge in [-0.1, -0.05) is 40.1 Å². The maximum absolute atomic E-state index is 6.52. The fraction of sp³-hybridized carbons (Fsp3) is 0.786. The van der Waals surface area contributed by atoms with Crippen LogP contribution in [0.5, 0.6) is 0 Å². The summed E-state index contributed by atoms with van der Waals surface area (Å²) in [6.07, 6.45) is -0.122. The minimum absolute atomic E-state index is 0.0305. The van der Waals surface area contributed by atoms with Crippen LogP contribution in [0, 0.1) is 0 Å². The summed E-state index contributed by atoms with van der Waals surface area (Å²) < 4.78 is 49.3. The Labute approximate surface area is 229 Å². The molecule has 0 radical (unpaired) electrons. The number of hydrogen-bond acceptors (Lipinski definition) is 8. The predicted molar refractivity (Wildman–Crippen MR) is 150 cm³/mol. The van der Waals surface area contributed by atoms with Crippen LogP contribution in [0.25, 0.3) is 0 Å². The molecule has 5 rings (SSSR count). The standard InChI is InChI=1S/C28H44O8P2/c1-27(2)33-23-19(13-29-5)37(20(14-30-6)24(23)34-27)17-11-9-10-12-18(17)38-21(15-31-7)25-26(22(38)16-32-8)36-28(3,4)35-25/h9-12,19-26H,13-16H2,1-8H3. The first-order chi connectivity index (χ1) is 18.2. The second-order valence-corrected chi connectivity index (χ2v) is 16.8. The number of fused-ring (bicyclic) bond motifs is 2. The number of hydrogen-bond donors (Lipinski definition) is 0. The number of benzene rings is 1. The van der Waals surface area contributed by atoms with Gasteiger partial charge in [-0.15, -0.1) is 0 Å². The van der Waals surface area contributed by atoms with Crippen LogP contribution in [-0.2, 0) is 37.9 Å². The molecule has 0 aromatic heterocycles. The van der Waals surface area contributed by atoms with Gasteiger partial charge in [-0.3, -0.25) is 0 Å². The summed E-state index contributed by atoms with van der Waals surface area (Å²) in [6, 6.07) is 8.95. The van der Waals surface area contributed by atoms with Crippen molar-refractivity contribution in [3.8, 4) is 0 Å². The first-order valence-corrected chi connectivity index (χ1v) is 16.4. The molecule has 0 saturated carbocycles. The molecular weight excluding hydrogens is 526 g/mol. The quantitative estimate of drug-likeness (QED) is 0.398. The van der Waals surface area contributed by atoms with Gasteiger partial charge in [0.2, 0.25) is 0 Å². The Hall–Kier alpha value is -0.240. The van der Waals surface area contributed by atoms with Gasteiger partial charge in [-0.25, -0.2) is 0 Å². The maximum Gasteiger partial charge on any atom is 0.163 e. The molecule has 4 fully saturated rings. The van der Waals surface area contributed by atoms with Crippen molar-refractivity contribution >= 4 is 26.5 Å². The van der Waals surface area contributed by atoms with E-state index in [4.69, 9.17) is 37.9 Å². The molecule has 0 amide bonds. The number of methoxy groups -OCH3 is 4. The highest BCUT2D eigenvalue weighted by molar-refractivity contribution is 7.73. The normalized spacial score (nSPS) is 40.9. The first kappa shape index (κ1) is 29.3. The highest BCUT2D eigenvalue weighted by Crippen LogP contribution is 2.64. The Morgan fingerprint density at radius 3 is 1.05 bits per heavy atom. The van der Waals surface area contributed by atoms with Crippen LogP contribution in [0.2, 0.25) is 0 Å². The van der Waals surface area contributed by atoms with Gasteiger partial charge < -0.3 is 37.9 Å². The molecule has 214 valence electrons. The van der Waals surface area contributed by atoms with Crippen LogP contribution in [0.3, 0.4) is 0 Å². The maximum atomic E-state index is 6.52. The molecule has 10 heteroatoms. The summed E-state index contributed by atoms with van der Waals surface area (Å²) in [5.41, 5.74) is 0.809. The lowest BCUT2D eigenvalue weighted by Gasteiger charge is -2.36. The molecule has 1 aromatic carbocycles. The summed E-state index contributed by atoms with van der Waals surface area (Å²) in [7, 11) is 5.66. The highest BCUT2D eigenvalue weighted by Gasteiger charge is 2.62. The van der Waals surface area contributed by atoms with E-state index in [1.807, 2.05) is 27.7 Å². The zero-order chi connectivity index (χ0) is 27.2. The van der Waals surface area contributed by atoms with Gasteiger partial charge in [0.05, 0.1) is 50.8 Å². The van der Waals surface area contributed by atoms with Crippen LogP contribution < -0.4 is 10.6 Å². The molecule has 1 aromatic rings. The van der Waals surface area contributed by atoms with E-state index in [9.17, 15) is 0 Å². The van der Waals surface area contributed by atoms with E-state index < -0.39 is 27.4 Å². The summed E-state index contributed by atoms with van der Waals surface area (Å²) in [5, 5.41) is 2.78. The largest absolute Gasteiger partial charge is 0.384 e. The fourth-order valence-corrected chi connectivity index (χ4v) is 14.7. The Morgan fingerprint density at radius 2 is 0.816 bits per heavy atom. The van der Waals surface area contributed by atoms with Crippen molar-refractivity contribution in [1.29, 1.82) is 0 Å². The van der Waals surface area contributed by atoms with Gasteiger partial charge in [0, 0.05) is 51.1 Å². The van der Waals surface area contributed by atoms with Crippen LogP contribution >= 0.6 is 15.8 Å². The molecule has 8 nitrogen and oxygen atoms in total. The molecular formula is C28H44O8P2. The smallest absolute Gasteiger partial charge is 0.163 e. The average molecular weight is 571 g/mol. The van der Waals surface area contributed by atoms with Crippen molar-refractivity contribution in [1.82, 2.24) is 0 Å². The van der Waals surface area contributed by atoms with E-state index >= 15 is 0 Å². The van der Waals surface area contributed by atoms with E-state index in [-0.39, 0.29) is 47.1 Å². The first-order valence-electron chi connectivity index (χ1n) is 13.5. The van der Waals surface area contributed by atoms with E-state index in [1.54, 1.807) is 28.4 Å². The summed E-state index contributed by atoms with van der Waals surface area (Å²) in [6.45, 7) is 10.5. The van der Waals surface area contributed by atoms with Crippen molar-refractivity contribution in [2.45, 2.75) is 86.3 Å². The minimum Gasteiger partial charge on any atom is -0.384 e. The van der Waals surface area contributed by atoms with Gasteiger partial charge in [-0.05, 0) is 38.3 Å². The Morgan fingerprint density at radius 1 is 0.553 bits per heavy atom. The molecule has 4 saturated heterocycles. The van der Waals surface area contributed by atoms with Crippen molar-refractivity contribution in [2.24, 2.45) is 0 Å². The zero-order valence-corrected chi connectivity index (χ0v) is 25.7. The molecule has 0 aliphatic carbocycles. The topological polar surface area (TPSA) is 73.8 Å². The summed E-state index contributed by atoms with van der Waals surface area (Å²) >= 11 is 0. The van der Waals surface area contributed by atoms with Crippen LogP contribution in [0.1, 0.15) is 27.7 Å². The molecule has 4 heterocycles. The molecule has 4 aliphatic heterocycles. The molecule has 8 atom stereocenters. The van der Waals surface area contributed by atoms with Crippen molar-refractivity contribution in [3.05, 3.63) is 24.3 Å². The Kier molecular flexibility index (Phi) is 8.90. The Balaban J connectivity index is 1.58. The molecule has 38 heavy (non-hydrogen) atoms. The lowest BCUT2D eigenvalue weighted by Crippen LogP contribution is -2.38. The fourth-order valence-electron chi connectivity index (χ4n) is 6.95. The molecule has 4 aliphatic rings. The lowest BCUT2D eigenvalue weighted by molar-refractivity contribution is -0.149. The molecule has 0 N–H and O–H groups in total. The van der Waals surface area contributed by atoms with Gasteiger partial charge in [0.1, 0.15) is 0 Å². The minimum atomic E-state index is -0.728. The number of ether oxygens (including phenoxy) is 8. The molecule has 0 bridgehead atoms. The van der Waals surface area contributed by atoms with Crippen LogP contribution in [0.4, 0.5) is 0 Å². The van der Waals surface area contributed by atoms with Crippen molar-refractivity contribution < 1.29 is 37.9 Å². The second-order valence-electron chi connectivity index (χ2n) is 11.5. The summed E-state index contributed by atoms with van der Waals surface area (Å²) in [4.78, 5) is 0.